The Bertz CT molecular complexity index is 1750. The molecule has 0 aliphatic heterocycles. The number of nitrogens with zero attached hydrogens (tertiary/aromatic N) is 4. The van der Waals surface area contributed by atoms with Gasteiger partial charge in [-0.15, -0.1) is 20.5 Å². The Hall–Kier alpha value is -5.06. The van der Waals surface area contributed by atoms with E-state index in [2.05, 4.69) is 39.9 Å². The number of benzene rings is 4. The maximum absolute atomic E-state index is 8.49. The fourth-order valence-electron chi connectivity index (χ4n) is 4.08. The average Bonchev–Trinajstić information content (AvgIpc) is 4.10. The molecule has 326 valence electrons. The van der Waals surface area contributed by atoms with Gasteiger partial charge in [-0.25, -0.2) is 57.2 Å². The Balaban J connectivity index is 0. The van der Waals surface area contributed by atoms with Crippen LogP contribution in [0.3, 0.4) is 0 Å². The van der Waals surface area contributed by atoms with Crippen molar-refractivity contribution >= 4 is 0 Å². The molecule has 60 heavy (non-hydrogen) atoms. The van der Waals surface area contributed by atoms with Gasteiger partial charge >= 0.3 is 34.1 Å². The second-order valence-electron chi connectivity index (χ2n) is 9.97. The zero-order valence-corrected chi connectivity index (χ0v) is 34.8. The van der Waals surface area contributed by atoms with Gasteiger partial charge in [-0.3, -0.25) is 0 Å². The van der Waals surface area contributed by atoms with E-state index in [0.717, 1.165) is 59.8 Å². The number of aromatic nitrogens is 8. The minimum absolute atomic E-state index is 0. The van der Waals surface area contributed by atoms with E-state index in [4.69, 9.17) is 47.5 Å². The maximum Gasteiger partial charge on any atom is 2.00 e. The molecule has 8 rings (SSSR count). The van der Waals surface area contributed by atoms with Crippen LogP contribution >= 0.6 is 0 Å². The summed E-state index contributed by atoms with van der Waals surface area (Å²) in [6, 6.07) is 40.2. The fourth-order valence-corrected chi connectivity index (χ4v) is 4.08. The standard InChI is InChI=1S/4C9H8N2.2CH3O.2ClHO4.2Cu/c4*1-2-4-8(5-3-1)9-10-6-7-11-9;2*1-2;2*2-1(3,4)5;;/h4*1-7H,(H,10,11);2*1H3;2*(H,2,3,4,5);;/q;;;;2*-1;;;2*+2/p-2. The SMILES string of the molecule is C[O-].C[O-].[Cu+2].[Cu+2].[O-][Cl+3]([O-])([O-])[O-].[O-][Cl+3]([O-])([O-])[O-].c1ccc(-c2ncc[nH]2)cc1.c1ccc(-c2ncc[nH]2)cc1.c1ccc(-c2ncc[nH]2)cc1.c1ccc(-c2ncc[nH]2)cc1. The zero-order valence-electron chi connectivity index (χ0n) is 31.4. The Labute approximate surface area is 370 Å². The van der Waals surface area contributed by atoms with Crippen LogP contribution in [0.4, 0.5) is 0 Å². The summed E-state index contributed by atoms with van der Waals surface area (Å²) in [6.45, 7) is 0. The van der Waals surface area contributed by atoms with Crippen LogP contribution in [0.25, 0.3) is 45.6 Å². The molecule has 0 amide bonds. The Morgan fingerprint density at radius 3 is 0.583 bits per heavy atom. The van der Waals surface area contributed by atoms with E-state index < -0.39 is 20.5 Å². The van der Waals surface area contributed by atoms with Crippen LogP contribution in [-0.2, 0) is 34.1 Å². The molecule has 0 unspecified atom stereocenters. The molecule has 4 heterocycles. The van der Waals surface area contributed by atoms with Gasteiger partial charge in [-0.2, -0.15) is 14.2 Å². The van der Waals surface area contributed by atoms with Crippen LogP contribution in [0.1, 0.15) is 0 Å². The van der Waals surface area contributed by atoms with Gasteiger partial charge in [0.25, 0.3) is 0 Å². The number of hydrogen-bond acceptors (Lipinski definition) is 14. The van der Waals surface area contributed by atoms with E-state index in [1.165, 1.54) is 0 Å². The van der Waals surface area contributed by atoms with Crippen LogP contribution in [0.5, 0.6) is 0 Å². The van der Waals surface area contributed by atoms with E-state index in [1.807, 2.05) is 146 Å². The topological polar surface area (TPSA) is 345 Å². The van der Waals surface area contributed by atoms with Crippen molar-refractivity contribution in [2.24, 2.45) is 0 Å². The number of rotatable bonds is 4. The normalized spacial score (nSPS) is 9.40. The predicted molar refractivity (Wildman–Crippen MR) is 188 cm³/mol. The van der Waals surface area contributed by atoms with Crippen LogP contribution in [0.15, 0.2) is 171 Å². The summed E-state index contributed by atoms with van der Waals surface area (Å²) < 4.78 is 67.9. The smallest absolute Gasteiger partial charge is 0.857 e. The third-order valence-corrected chi connectivity index (χ3v) is 6.18. The Morgan fingerprint density at radius 2 is 0.467 bits per heavy atom. The molecule has 0 fully saturated rings. The van der Waals surface area contributed by atoms with Gasteiger partial charge in [0, 0.05) is 71.8 Å². The molecule has 4 N–H and O–H groups in total. The molecule has 0 aliphatic carbocycles. The van der Waals surface area contributed by atoms with Gasteiger partial charge in [0.15, 0.2) is 0 Å². The van der Waals surface area contributed by atoms with E-state index >= 15 is 0 Å². The molecule has 4 aromatic heterocycles. The number of hydrogen-bond donors (Lipinski definition) is 4. The first kappa shape index (κ1) is 57.0. The number of H-pyrrole nitrogens is 4. The second kappa shape index (κ2) is 33.7. The van der Waals surface area contributed by atoms with Crippen LogP contribution in [-0.4, -0.2) is 54.1 Å². The first-order chi connectivity index (χ1) is 27.9. The van der Waals surface area contributed by atoms with Crippen molar-refractivity contribution in [1.82, 2.24) is 39.9 Å². The summed E-state index contributed by atoms with van der Waals surface area (Å²) in [4.78, 5) is 28.7. The molecule has 4 aromatic carbocycles. The van der Waals surface area contributed by atoms with Crippen molar-refractivity contribution in [3.8, 4) is 45.6 Å². The van der Waals surface area contributed by atoms with Gasteiger partial charge in [0.1, 0.15) is 23.3 Å². The largest absolute Gasteiger partial charge is 2.00 e. The molecule has 2 radical (unpaired) electrons. The van der Waals surface area contributed by atoms with Gasteiger partial charge in [-0.1, -0.05) is 121 Å². The van der Waals surface area contributed by atoms with Gasteiger partial charge < -0.3 is 30.1 Å². The van der Waals surface area contributed by atoms with Crippen LogP contribution in [0, 0.1) is 20.5 Å². The number of imidazole rings is 4. The van der Waals surface area contributed by atoms with Crippen molar-refractivity contribution in [2.75, 3.05) is 14.2 Å². The molecule has 0 aliphatic rings. The molecule has 22 heteroatoms. The van der Waals surface area contributed by atoms with E-state index in [1.54, 1.807) is 24.8 Å². The molecule has 0 saturated heterocycles. The molecule has 0 spiro atoms. The number of nitrogens with one attached hydrogen (secondary N) is 4. The molecular formula is C38H38Cl2Cu2N8O10. The Morgan fingerprint density at radius 1 is 0.317 bits per heavy atom. The molecule has 8 aromatic rings. The summed E-state index contributed by atoms with van der Waals surface area (Å²) in [6.07, 6.45) is 14.3. The van der Waals surface area contributed by atoms with Crippen molar-refractivity contribution in [3.63, 3.8) is 0 Å². The number of aromatic amines is 4. The minimum atomic E-state index is -4.94. The molecule has 0 bridgehead atoms. The summed E-state index contributed by atoms with van der Waals surface area (Å²) in [5, 5.41) is 16.5. The Kier molecular flexibility index (Phi) is 32.1. The quantitative estimate of drug-likeness (QED) is 0.126. The molecule has 18 nitrogen and oxygen atoms in total. The van der Waals surface area contributed by atoms with Crippen molar-refractivity contribution in [3.05, 3.63) is 171 Å². The zero-order chi connectivity index (χ0) is 43.1. The van der Waals surface area contributed by atoms with Crippen molar-refractivity contribution in [1.29, 1.82) is 0 Å². The van der Waals surface area contributed by atoms with Gasteiger partial charge in [0.05, 0.1) is 0 Å². The minimum Gasteiger partial charge on any atom is -0.857 e. The maximum atomic E-state index is 8.49. The van der Waals surface area contributed by atoms with E-state index in [9.17, 15) is 0 Å². The van der Waals surface area contributed by atoms with Crippen molar-refractivity contribution in [2.45, 2.75) is 0 Å². The third kappa shape index (κ3) is 28.4. The van der Waals surface area contributed by atoms with Crippen molar-refractivity contribution < 1.29 is 102 Å². The second-order valence-corrected chi connectivity index (χ2v) is 11.5. The summed E-state index contributed by atoms with van der Waals surface area (Å²) in [5.41, 5.74) is 4.49. The average molecular weight is 965 g/mol. The predicted octanol–water partition coefficient (Wildman–Crippen LogP) is -3.26. The first-order valence-corrected chi connectivity index (χ1v) is 18.6. The number of halogens is 2. The van der Waals surface area contributed by atoms with Gasteiger partial charge in [0.2, 0.25) is 0 Å². The monoisotopic (exact) mass is 962 g/mol. The third-order valence-electron chi connectivity index (χ3n) is 6.18. The first-order valence-electron chi connectivity index (χ1n) is 16.1. The summed E-state index contributed by atoms with van der Waals surface area (Å²) in [7, 11) is -8.39. The summed E-state index contributed by atoms with van der Waals surface area (Å²) in [5.74, 6) is 3.69. The molecular weight excluding hydrogens is 926 g/mol. The van der Waals surface area contributed by atoms with Crippen LogP contribution in [0.2, 0.25) is 0 Å². The van der Waals surface area contributed by atoms with Crippen LogP contribution < -0.4 is 47.5 Å². The molecule has 0 saturated carbocycles. The van der Waals surface area contributed by atoms with E-state index in [-0.39, 0.29) is 34.1 Å². The molecule has 0 atom stereocenters. The van der Waals surface area contributed by atoms with Gasteiger partial charge in [-0.05, 0) is 0 Å². The fraction of sp³-hybridized carbons (Fsp3) is 0.0526. The summed E-state index contributed by atoms with van der Waals surface area (Å²) >= 11 is 0. The van der Waals surface area contributed by atoms with E-state index in [0.29, 0.717) is 0 Å².